The number of rotatable bonds is 10. The van der Waals surface area contributed by atoms with Gasteiger partial charge in [-0.3, -0.25) is 9.69 Å². The topological polar surface area (TPSA) is 93.9 Å². The van der Waals surface area contributed by atoms with E-state index in [-0.39, 0.29) is 13.2 Å². The number of para-hydroxylation sites is 2. The second-order valence-electron chi connectivity index (χ2n) is 9.60. The summed E-state index contributed by atoms with van der Waals surface area (Å²) in [5.41, 5.74) is 9.94. The van der Waals surface area contributed by atoms with E-state index in [0.717, 1.165) is 23.5 Å². The average Bonchev–Trinajstić information content (AvgIpc) is 3.49. The van der Waals surface area contributed by atoms with E-state index in [2.05, 4.69) is 33.1 Å². The first kappa shape index (κ1) is 32.7. The lowest BCUT2D eigenvalue weighted by molar-refractivity contribution is -0.142. The van der Waals surface area contributed by atoms with E-state index in [4.69, 9.17) is 38.4 Å². The number of carbonyl (C=O) groups is 2. The molecule has 1 fully saturated rings. The summed E-state index contributed by atoms with van der Waals surface area (Å²) in [7, 11) is 0. The van der Waals surface area contributed by atoms with Crippen molar-refractivity contribution in [2.24, 2.45) is 0 Å². The Morgan fingerprint density at radius 3 is 2.24 bits per heavy atom. The van der Waals surface area contributed by atoms with E-state index in [0.29, 0.717) is 38.4 Å². The van der Waals surface area contributed by atoms with Crippen molar-refractivity contribution in [2.45, 2.75) is 52.1 Å². The highest BCUT2D eigenvalue weighted by Gasteiger charge is 2.23. The number of hydrogen-bond acceptors (Lipinski definition) is 7. The second kappa shape index (κ2) is 16.6. The maximum Gasteiger partial charge on any atom is 0.338 e. The first-order valence-corrected chi connectivity index (χ1v) is 15.1. The van der Waals surface area contributed by atoms with Gasteiger partial charge >= 0.3 is 11.9 Å². The zero-order valence-corrected chi connectivity index (χ0v) is 26.4. The zero-order chi connectivity index (χ0) is 29.8. The molecule has 0 aliphatic heterocycles. The lowest BCUT2D eigenvalue weighted by Gasteiger charge is -2.28. The van der Waals surface area contributed by atoms with Crippen LogP contribution in [0.3, 0.4) is 0 Å². The van der Waals surface area contributed by atoms with Crippen LogP contribution in [0.4, 0.5) is 17.1 Å². The van der Waals surface area contributed by atoms with Gasteiger partial charge in [-0.05, 0) is 77.3 Å². The quantitative estimate of drug-likeness (QED) is 0.128. The Kier molecular flexibility index (Phi) is 13.3. The third kappa shape index (κ3) is 10.2. The number of nitrogens with zero attached hydrogens (tertiary/aromatic N) is 1. The van der Waals surface area contributed by atoms with E-state index in [1.54, 1.807) is 24.3 Å². The Bertz CT molecular complexity index is 1280. The van der Waals surface area contributed by atoms with Crippen molar-refractivity contribution in [1.29, 1.82) is 0 Å². The molecule has 220 valence electrons. The Hall–Kier alpha value is -2.78. The molecule has 1 aliphatic rings. The van der Waals surface area contributed by atoms with Gasteiger partial charge in [-0.25, -0.2) is 4.79 Å². The van der Waals surface area contributed by atoms with Crippen LogP contribution in [0.5, 0.6) is 0 Å². The summed E-state index contributed by atoms with van der Waals surface area (Å²) in [6, 6.07) is 19.2. The molecule has 10 heteroatoms. The molecule has 0 bridgehead atoms. The van der Waals surface area contributed by atoms with Crippen LogP contribution in [-0.2, 0) is 20.8 Å². The highest BCUT2D eigenvalue weighted by molar-refractivity contribution is 9.10. The van der Waals surface area contributed by atoms with Crippen LogP contribution in [0.1, 0.15) is 55.5 Å². The van der Waals surface area contributed by atoms with Crippen molar-refractivity contribution in [1.82, 2.24) is 4.90 Å². The minimum absolute atomic E-state index is 0.0267. The first-order chi connectivity index (χ1) is 19.7. The number of nitrogens with one attached hydrogen (secondary N) is 1. The molecule has 3 N–H and O–H groups in total. The van der Waals surface area contributed by atoms with E-state index >= 15 is 0 Å². The highest BCUT2D eigenvalue weighted by Crippen LogP contribution is 2.32. The molecule has 0 spiro atoms. The summed E-state index contributed by atoms with van der Waals surface area (Å²) < 4.78 is 10.6. The zero-order valence-electron chi connectivity index (χ0n) is 23.3. The summed E-state index contributed by atoms with van der Waals surface area (Å²) in [5.74, 6) is -0.854. The number of halogens is 3. The number of nitrogen functional groups attached to an aromatic ring is 1. The molecule has 3 aromatic rings. The largest absolute Gasteiger partial charge is 0.462 e. The molecule has 1 aliphatic carbocycles. The Balaban J connectivity index is 0.000000260. The predicted molar refractivity (Wildman–Crippen MR) is 170 cm³/mol. The third-order valence-corrected chi connectivity index (χ3v) is 7.99. The van der Waals surface area contributed by atoms with Crippen molar-refractivity contribution in [3.63, 3.8) is 0 Å². The smallest absolute Gasteiger partial charge is 0.338 e. The van der Waals surface area contributed by atoms with Gasteiger partial charge in [0.15, 0.2) is 0 Å². The van der Waals surface area contributed by atoms with E-state index in [9.17, 15) is 9.59 Å². The summed E-state index contributed by atoms with van der Waals surface area (Å²) >= 11 is 15.5. The molecule has 7 nitrogen and oxygen atoms in total. The molecule has 0 heterocycles. The number of carbonyl (C=O) groups excluding carboxylic acids is 2. The minimum atomic E-state index is -0.456. The minimum Gasteiger partial charge on any atom is -0.462 e. The highest BCUT2D eigenvalue weighted by atomic mass is 79.9. The number of hydrogen-bond donors (Lipinski definition) is 2. The second-order valence-corrected chi connectivity index (χ2v) is 11.3. The molecule has 0 radical (unpaired) electrons. The summed E-state index contributed by atoms with van der Waals surface area (Å²) in [4.78, 5) is 25.4. The molecule has 0 amide bonds. The fraction of sp³-hybridized carbons (Fsp3) is 0.355. The van der Waals surface area contributed by atoms with Gasteiger partial charge in [0, 0.05) is 29.7 Å². The predicted octanol–water partition coefficient (Wildman–Crippen LogP) is 8.25. The maximum atomic E-state index is 12.3. The van der Waals surface area contributed by atoms with Gasteiger partial charge in [0.25, 0.3) is 0 Å². The average molecular weight is 665 g/mol. The van der Waals surface area contributed by atoms with Crippen molar-refractivity contribution in [3.05, 3.63) is 86.3 Å². The number of anilines is 3. The van der Waals surface area contributed by atoms with E-state index in [1.165, 1.54) is 32.6 Å². The molecule has 4 rings (SSSR count). The van der Waals surface area contributed by atoms with Gasteiger partial charge in [0.05, 0.1) is 27.0 Å². The lowest BCUT2D eigenvalue weighted by atomic mass is 10.1. The number of ether oxygens (including phenoxy) is 2. The molecular weight excluding hydrogens is 629 g/mol. The number of esters is 2. The summed E-state index contributed by atoms with van der Waals surface area (Å²) in [5, 5.41) is 4.41. The molecule has 0 unspecified atom stereocenters. The first-order valence-electron chi connectivity index (χ1n) is 13.6. The molecular formula is C31H36BrCl2N3O4. The van der Waals surface area contributed by atoms with Crippen molar-refractivity contribution < 1.29 is 19.1 Å². The Labute approximate surface area is 260 Å². The van der Waals surface area contributed by atoms with Crippen LogP contribution in [0.15, 0.2) is 65.1 Å². The maximum absolute atomic E-state index is 12.3. The molecule has 41 heavy (non-hydrogen) atoms. The third-order valence-electron chi connectivity index (χ3n) is 6.70. The molecule has 0 atom stereocenters. The molecule has 1 saturated carbocycles. The van der Waals surface area contributed by atoms with Crippen LogP contribution in [0, 0.1) is 0 Å². The Morgan fingerprint density at radius 2 is 1.63 bits per heavy atom. The van der Waals surface area contributed by atoms with Crippen LogP contribution >= 0.6 is 39.1 Å². The van der Waals surface area contributed by atoms with E-state index in [1.807, 2.05) is 36.4 Å². The van der Waals surface area contributed by atoms with Gasteiger partial charge in [0.2, 0.25) is 0 Å². The van der Waals surface area contributed by atoms with Crippen molar-refractivity contribution in [2.75, 3.05) is 30.8 Å². The van der Waals surface area contributed by atoms with Crippen LogP contribution in [0.25, 0.3) is 0 Å². The van der Waals surface area contributed by atoms with Gasteiger partial charge in [-0.15, -0.1) is 0 Å². The molecule has 3 aromatic carbocycles. The molecule has 0 saturated heterocycles. The van der Waals surface area contributed by atoms with Crippen LogP contribution < -0.4 is 11.1 Å². The van der Waals surface area contributed by atoms with Gasteiger partial charge in [-0.1, -0.05) is 67.2 Å². The number of nitrogens with two attached hydrogens (primary N) is 1. The normalized spacial score (nSPS) is 12.9. The fourth-order valence-corrected chi connectivity index (χ4v) is 5.59. The van der Waals surface area contributed by atoms with Gasteiger partial charge < -0.3 is 20.5 Å². The number of benzene rings is 3. The van der Waals surface area contributed by atoms with Crippen molar-refractivity contribution >= 4 is 68.1 Å². The van der Waals surface area contributed by atoms with Crippen LogP contribution in [-0.4, -0.2) is 42.6 Å². The van der Waals surface area contributed by atoms with E-state index < -0.39 is 11.9 Å². The lowest BCUT2D eigenvalue weighted by Crippen LogP contribution is -2.32. The summed E-state index contributed by atoms with van der Waals surface area (Å²) in [6.07, 6.45) is 4.98. The fourth-order valence-electron chi connectivity index (χ4n) is 4.60. The van der Waals surface area contributed by atoms with Crippen molar-refractivity contribution in [3.8, 4) is 0 Å². The van der Waals surface area contributed by atoms with Gasteiger partial charge in [-0.2, -0.15) is 0 Å². The SMILES string of the molecule is CCN(Cc1cc(C(=O)OCCOC(C)=O)cc(Br)c1N)C1CCCC1.Clc1cccc(Cl)c1Nc1ccccc1. The van der Waals surface area contributed by atoms with Gasteiger partial charge in [0.1, 0.15) is 13.2 Å². The molecule has 0 aromatic heterocycles. The monoisotopic (exact) mass is 663 g/mol. The van der Waals surface area contributed by atoms with Crippen LogP contribution in [0.2, 0.25) is 10.0 Å². The standard InChI is InChI=1S/C19H27BrN2O4.C12H9Cl2N/c1-3-22(16-6-4-5-7-16)12-15-10-14(11-17(20)18(15)21)19(24)26-9-8-25-13(2)23;13-10-7-4-8-11(14)12(10)15-9-5-2-1-3-6-9/h10-11,16H,3-9,12,21H2,1-2H3;1-8,15H. The summed E-state index contributed by atoms with van der Waals surface area (Å²) in [6.45, 7) is 5.19. The Morgan fingerprint density at radius 1 is 1.00 bits per heavy atom.